The van der Waals surface area contributed by atoms with E-state index in [1.807, 2.05) is 13.0 Å². The molecule has 0 aliphatic carbocycles. The van der Waals surface area contributed by atoms with E-state index in [9.17, 15) is 4.79 Å². The quantitative estimate of drug-likeness (QED) is 0.664. The third kappa shape index (κ3) is 2.55. The molecule has 0 fully saturated rings. The van der Waals surface area contributed by atoms with E-state index < -0.39 is 0 Å². The van der Waals surface area contributed by atoms with E-state index in [2.05, 4.69) is 30.5 Å². The first-order valence-corrected chi connectivity index (χ1v) is 4.92. The second kappa shape index (κ2) is 4.01. The van der Waals surface area contributed by atoms with Gasteiger partial charge in [-0.3, -0.25) is 4.98 Å². The molecule has 0 aliphatic heterocycles. The van der Waals surface area contributed by atoms with E-state index in [0.717, 1.165) is 5.69 Å². The zero-order valence-electron chi connectivity index (χ0n) is 9.92. The molecule has 1 aromatic rings. The van der Waals surface area contributed by atoms with Crippen molar-refractivity contribution in [3.63, 3.8) is 0 Å². The summed E-state index contributed by atoms with van der Waals surface area (Å²) in [5.41, 5.74) is 2.23. The summed E-state index contributed by atoms with van der Waals surface area (Å²) in [5, 5.41) is 0. The molecule has 0 aromatic carbocycles. The number of ether oxygens (including phenoxy) is 1. The van der Waals surface area contributed by atoms with Gasteiger partial charge in [0.15, 0.2) is 0 Å². The van der Waals surface area contributed by atoms with Crippen molar-refractivity contribution in [3.8, 4) is 0 Å². The van der Waals surface area contributed by atoms with Gasteiger partial charge in [0, 0.05) is 11.1 Å². The molecule has 0 unspecified atom stereocenters. The summed E-state index contributed by atoms with van der Waals surface area (Å²) in [4.78, 5) is 15.7. The Balaban J connectivity index is 3.15. The fourth-order valence-electron chi connectivity index (χ4n) is 1.30. The van der Waals surface area contributed by atoms with Gasteiger partial charge in [0.25, 0.3) is 0 Å². The van der Waals surface area contributed by atoms with Gasteiger partial charge in [0.2, 0.25) is 0 Å². The molecule has 0 aliphatic rings. The number of esters is 1. The first-order valence-electron chi connectivity index (χ1n) is 4.92. The molecule has 0 atom stereocenters. The summed E-state index contributed by atoms with van der Waals surface area (Å²) < 4.78 is 4.66. The van der Waals surface area contributed by atoms with Crippen molar-refractivity contribution in [2.75, 3.05) is 7.11 Å². The molecule has 0 spiro atoms. The summed E-state index contributed by atoms with van der Waals surface area (Å²) in [5.74, 6) is -0.333. The molecule has 15 heavy (non-hydrogen) atoms. The second-order valence-electron chi connectivity index (χ2n) is 4.57. The third-order valence-corrected chi connectivity index (χ3v) is 2.26. The predicted molar refractivity (Wildman–Crippen MR) is 59.0 cm³/mol. The molecule has 0 saturated heterocycles. The monoisotopic (exact) mass is 207 g/mol. The Bertz CT molecular complexity index is 378. The van der Waals surface area contributed by atoms with E-state index in [-0.39, 0.29) is 11.4 Å². The van der Waals surface area contributed by atoms with Crippen molar-refractivity contribution in [3.05, 3.63) is 29.1 Å². The molecule has 0 amide bonds. The predicted octanol–water partition coefficient (Wildman–Crippen LogP) is 2.47. The molecule has 0 radical (unpaired) electrons. The second-order valence-corrected chi connectivity index (χ2v) is 4.57. The zero-order valence-corrected chi connectivity index (χ0v) is 9.92. The number of hydrogen-bond acceptors (Lipinski definition) is 3. The Morgan fingerprint density at radius 2 is 1.93 bits per heavy atom. The number of rotatable bonds is 1. The van der Waals surface area contributed by atoms with E-state index in [1.54, 1.807) is 6.07 Å². The van der Waals surface area contributed by atoms with Crippen LogP contribution in [0.3, 0.4) is 0 Å². The maximum Gasteiger partial charge on any atom is 0.339 e. The normalized spacial score (nSPS) is 11.3. The molecule has 1 rings (SSSR count). The molecule has 0 bridgehead atoms. The average Bonchev–Trinajstić information content (AvgIpc) is 2.15. The van der Waals surface area contributed by atoms with Crippen LogP contribution in [0.25, 0.3) is 0 Å². The number of hydrogen-bond donors (Lipinski definition) is 0. The Kier molecular flexibility index (Phi) is 3.12. The Morgan fingerprint density at radius 3 is 2.33 bits per heavy atom. The molecular weight excluding hydrogens is 190 g/mol. The van der Waals surface area contributed by atoms with Crippen LogP contribution in [0.1, 0.15) is 42.5 Å². The first kappa shape index (κ1) is 11.7. The maximum absolute atomic E-state index is 11.3. The Hall–Kier alpha value is -1.38. The van der Waals surface area contributed by atoms with Crippen LogP contribution in [-0.4, -0.2) is 18.1 Å². The van der Waals surface area contributed by atoms with E-state index in [0.29, 0.717) is 11.3 Å². The fourth-order valence-corrected chi connectivity index (χ4v) is 1.30. The van der Waals surface area contributed by atoms with Crippen LogP contribution in [0.4, 0.5) is 0 Å². The van der Waals surface area contributed by atoms with E-state index in [1.165, 1.54) is 7.11 Å². The lowest BCUT2D eigenvalue weighted by atomic mass is 9.91. The van der Waals surface area contributed by atoms with Crippen LogP contribution in [0.5, 0.6) is 0 Å². The minimum atomic E-state index is -0.333. The fraction of sp³-hybridized carbons (Fsp3) is 0.500. The van der Waals surface area contributed by atoms with Crippen LogP contribution >= 0.6 is 0 Å². The molecule has 0 N–H and O–H groups in total. The largest absolute Gasteiger partial charge is 0.465 e. The van der Waals surface area contributed by atoms with Gasteiger partial charge < -0.3 is 4.74 Å². The Morgan fingerprint density at radius 1 is 1.33 bits per heavy atom. The number of carbonyl (C=O) groups is 1. The van der Waals surface area contributed by atoms with E-state index >= 15 is 0 Å². The summed E-state index contributed by atoms with van der Waals surface area (Å²) in [6.45, 7) is 8.09. The van der Waals surface area contributed by atoms with Crippen molar-refractivity contribution in [1.82, 2.24) is 4.98 Å². The van der Waals surface area contributed by atoms with Gasteiger partial charge in [0.05, 0.1) is 18.4 Å². The summed E-state index contributed by atoms with van der Waals surface area (Å²) in [7, 11) is 1.37. The molecular formula is C12H17NO2. The van der Waals surface area contributed by atoms with Crippen LogP contribution in [0, 0.1) is 6.92 Å². The highest BCUT2D eigenvalue weighted by Crippen LogP contribution is 2.21. The lowest BCUT2D eigenvalue weighted by Gasteiger charge is -2.18. The third-order valence-electron chi connectivity index (χ3n) is 2.26. The van der Waals surface area contributed by atoms with Gasteiger partial charge in [-0.2, -0.15) is 0 Å². The minimum absolute atomic E-state index is 0.000586. The lowest BCUT2D eigenvalue weighted by Crippen LogP contribution is -2.15. The van der Waals surface area contributed by atoms with Crippen LogP contribution in [0.15, 0.2) is 12.1 Å². The molecule has 82 valence electrons. The highest BCUT2D eigenvalue weighted by Gasteiger charge is 2.18. The van der Waals surface area contributed by atoms with Crippen molar-refractivity contribution in [1.29, 1.82) is 0 Å². The minimum Gasteiger partial charge on any atom is -0.465 e. The van der Waals surface area contributed by atoms with Crippen molar-refractivity contribution in [2.45, 2.75) is 33.1 Å². The number of aromatic nitrogens is 1. The SMILES string of the molecule is COC(=O)c1ccc(C(C)(C)C)nc1C. The van der Waals surface area contributed by atoms with Crippen molar-refractivity contribution >= 4 is 5.97 Å². The molecule has 1 heterocycles. The topological polar surface area (TPSA) is 39.2 Å². The molecule has 0 saturated carbocycles. The van der Waals surface area contributed by atoms with Gasteiger partial charge in [-0.25, -0.2) is 4.79 Å². The number of carbonyl (C=O) groups excluding carboxylic acids is 1. The summed E-state index contributed by atoms with van der Waals surface area (Å²) in [6.07, 6.45) is 0. The van der Waals surface area contributed by atoms with E-state index in [4.69, 9.17) is 0 Å². The smallest absolute Gasteiger partial charge is 0.339 e. The van der Waals surface area contributed by atoms with Crippen LogP contribution < -0.4 is 0 Å². The standard InChI is InChI=1S/C12H17NO2/c1-8-9(11(14)15-5)6-7-10(13-8)12(2,3)4/h6-7H,1-5H3. The summed E-state index contributed by atoms with van der Waals surface area (Å²) >= 11 is 0. The Labute approximate surface area is 90.5 Å². The molecule has 3 nitrogen and oxygen atoms in total. The number of methoxy groups -OCH3 is 1. The van der Waals surface area contributed by atoms with Gasteiger partial charge in [-0.05, 0) is 19.1 Å². The molecule has 3 heteroatoms. The number of pyridine rings is 1. The van der Waals surface area contributed by atoms with Crippen molar-refractivity contribution < 1.29 is 9.53 Å². The average molecular weight is 207 g/mol. The molecule has 1 aromatic heterocycles. The van der Waals surface area contributed by atoms with Gasteiger partial charge in [-0.1, -0.05) is 20.8 Å². The highest BCUT2D eigenvalue weighted by atomic mass is 16.5. The van der Waals surface area contributed by atoms with Gasteiger partial charge in [0.1, 0.15) is 0 Å². The van der Waals surface area contributed by atoms with Crippen LogP contribution in [-0.2, 0) is 10.2 Å². The highest BCUT2D eigenvalue weighted by molar-refractivity contribution is 5.90. The van der Waals surface area contributed by atoms with Crippen LogP contribution in [0.2, 0.25) is 0 Å². The summed E-state index contributed by atoms with van der Waals surface area (Å²) in [6, 6.07) is 3.65. The maximum atomic E-state index is 11.3. The number of aryl methyl sites for hydroxylation is 1. The number of nitrogens with zero attached hydrogens (tertiary/aromatic N) is 1. The van der Waals surface area contributed by atoms with Gasteiger partial charge >= 0.3 is 5.97 Å². The first-order chi connectivity index (χ1) is 6.86. The zero-order chi connectivity index (χ0) is 11.6. The van der Waals surface area contributed by atoms with Crippen molar-refractivity contribution in [2.24, 2.45) is 0 Å². The lowest BCUT2D eigenvalue weighted by molar-refractivity contribution is 0.0599. The van der Waals surface area contributed by atoms with Gasteiger partial charge in [-0.15, -0.1) is 0 Å².